The molecule has 158 valence electrons. The number of nitrogens with one attached hydrogen (secondary N) is 2. The minimum absolute atomic E-state index is 0.0672. The van der Waals surface area contributed by atoms with Gasteiger partial charge in [-0.1, -0.05) is 68.3 Å². The van der Waals surface area contributed by atoms with Crippen LogP contribution in [0.15, 0.2) is 48.5 Å². The summed E-state index contributed by atoms with van der Waals surface area (Å²) < 4.78 is 5.36. The van der Waals surface area contributed by atoms with Crippen molar-refractivity contribution in [3.63, 3.8) is 0 Å². The average Bonchev–Trinajstić information content (AvgIpc) is 3.07. The smallest absolute Gasteiger partial charge is 0.407 e. The first-order chi connectivity index (χ1) is 14.5. The molecule has 1 aliphatic carbocycles. The van der Waals surface area contributed by atoms with E-state index in [0.717, 1.165) is 28.7 Å². The second kappa shape index (κ2) is 9.91. The number of carbonyl (C=O) groups is 3. The number of ether oxygens (including phenoxy) is 1. The summed E-state index contributed by atoms with van der Waals surface area (Å²) in [4.78, 5) is 35.3. The predicted octanol–water partition coefficient (Wildman–Crippen LogP) is 3.28. The number of benzene rings is 2. The van der Waals surface area contributed by atoms with Gasteiger partial charge in [-0.25, -0.2) is 9.59 Å². The SMILES string of the molecule is CCCC[C@H](NC(=O)CNC(=O)OCC1c2ccccc2-c2ccccc21)C(=O)O. The van der Waals surface area contributed by atoms with E-state index in [9.17, 15) is 14.4 Å². The monoisotopic (exact) mass is 410 g/mol. The summed E-state index contributed by atoms with van der Waals surface area (Å²) in [6, 6.07) is 15.1. The van der Waals surface area contributed by atoms with Crippen LogP contribution in [-0.2, 0) is 14.3 Å². The molecule has 30 heavy (non-hydrogen) atoms. The van der Waals surface area contributed by atoms with E-state index in [1.165, 1.54) is 0 Å². The van der Waals surface area contributed by atoms with Gasteiger partial charge in [0.05, 0.1) is 0 Å². The van der Waals surface area contributed by atoms with E-state index >= 15 is 0 Å². The van der Waals surface area contributed by atoms with E-state index in [1.54, 1.807) is 0 Å². The maximum absolute atomic E-state index is 12.1. The van der Waals surface area contributed by atoms with Gasteiger partial charge in [-0.3, -0.25) is 4.79 Å². The molecule has 0 saturated carbocycles. The number of amides is 2. The van der Waals surface area contributed by atoms with Crippen molar-refractivity contribution in [1.82, 2.24) is 10.6 Å². The molecule has 3 N–H and O–H groups in total. The van der Waals surface area contributed by atoms with Crippen LogP contribution in [0.5, 0.6) is 0 Å². The lowest BCUT2D eigenvalue weighted by Gasteiger charge is -2.16. The van der Waals surface area contributed by atoms with Crippen LogP contribution in [0.3, 0.4) is 0 Å². The lowest BCUT2D eigenvalue weighted by atomic mass is 9.98. The van der Waals surface area contributed by atoms with Crippen molar-refractivity contribution in [2.45, 2.75) is 38.1 Å². The fourth-order valence-electron chi connectivity index (χ4n) is 3.71. The lowest BCUT2D eigenvalue weighted by Crippen LogP contribution is -2.45. The minimum atomic E-state index is -1.09. The number of carbonyl (C=O) groups excluding carboxylic acids is 2. The summed E-state index contributed by atoms with van der Waals surface area (Å²) in [5.74, 6) is -1.72. The first kappa shape index (κ1) is 21.4. The third kappa shape index (κ3) is 4.97. The quantitative estimate of drug-likeness (QED) is 0.588. The van der Waals surface area contributed by atoms with Crippen LogP contribution in [0, 0.1) is 0 Å². The van der Waals surface area contributed by atoms with Crippen LogP contribution in [0.25, 0.3) is 11.1 Å². The molecule has 0 fully saturated rings. The van der Waals surface area contributed by atoms with E-state index in [1.807, 2.05) is 43.3 Å². The minimum Gasteiger partial charge on any atom is -0.480 e. The Bertz CT molecular complexity index is 882. The number of rotatable bonds is 9. The van der Waals surface area contributed by atoms with Gasteiger partial charge in [0.1, 0.15) is 19.2 Å². The molecule has 0 aromatic heterocycles. The largest absolute Gasteiger partial charge is 0.480 e. The van der Waals surface area contributed by atoms with Crippen molar-refractivity contribution in [3.05, 3.63) is 59.7 Å². The van der Waals surface area contributed by atoms with Gasteiger partial charge < -0.3 is 20.5 Å². The molecule has 2 amide bonds. The zero-order valence-electron chi connectivity index (χ0n) is 16.9. The molecular formula is C23H26N2O5. The van der Waals surface area contributed by atoms with Crippen LogP contribution in [-0.4, -0.2) is 42.3 Å². The molecule has 0 spiro atoms. The molecule has 0 saturated heterocycles. The van der Waals surface area contributed by atoms with Crippen molar-refractivity contribution < 1.29 is 24.2 Å². The summed E-state index contributed by atoms with van der Waals surface area (Å²) in [5.41, 5.74) is 4.47. The van der Waals surface area contributed by atoms with Crippen molar-refractivity contribution in [2.75, 3.05) is 13.2 Å². The Kier molecular flexibility index (Phi) is 7.06. The van der Waals surface area contributed by atoms with Crippen LogP contribution in [0.4, 0.5) is 4.79 Å². The maximum Gasteiger partial charge on any atom is 0.407 e. The molecular weight excluding hydrogens is 384 g/mol. The summed E-state index contributed by atoms with van der Waals surface area (Å²) in [6.07, 6.45) is 1.16. The second-order valence-corrected chi connectivity index (χ2v) is 7.28. The lowest BCUT2D eigenvalue weighted by molar-refractivity contribution is -0.141. The molecule has 0 bridgehead atoms. The van der Waals surface area contributed by atoms with Gasteiger partial charge in [0.15, 0.2) is 0 Å². The van der Waals surface area contributed by atoms with Gasteiger partial charge in [0.25, 0.3) is 0 Å². The summed E-state index contributed by atoms with van der Waals surface area (Å²) in [6.45, 7) is 1.75. The van der Waals surface area contributed by atoms with Gasteiger partial charge in [0, 0.05) is 5.92 Å². The highest BCUT2D eigenvalue weighted by atomic mass is 16.5. The molecule has 0 heterocycles. The number of aliphatic carboxylic acids is 1. The van der Waals surface area contributed by atoms with Gasteiger partial charge >= 0.3 is 12.1 Å². The average molecular weight is 410 g/mol. The summed E-state index contributed by atoms with van der Waals surface area (Å²) in [5, 5.41) is 14.0. The maximum atomic E-state index is 12.1. The van der Waals surface area contributed by atoms with Crippen molar-refractivity contribution in [2.24, 2.45) is 0 Å². The molecule has 1 aliphatic rings. The van der Waals surface area contributed by atoms with Crippen LogP contribution < -0.4 is 10.6 Å². The number of carboxylic acid groups (broad SMARTS) is 1. The molecule has 3 rings (SSSR count). The van der Waals surface area contributed by atoms with E-state index in [4.69, 9.17) is 9.84 Å². The zero-order valence-corrected chi connectivity index (χ0v) is 16.9. The zero-order chi connectivity index (χ0) is 21.5. The third-order valence-electron chi connectivity index (χ3n) is 5.22. The van der Waals surface area contributed by atoms with Gasteiger partial charge in [-0.15, -0.1) is 0 Å². The van der Waals surface area contributed by atoms with Crippen molar-refractivity contribution >= 4 is 18.0 Å². The Labute approximate surface area is 175 Å². The molecule has 7 heteroatoms. The Morgan fingerprint density at radius 1 is 1.03 bits per heavy atom. The first-order valence-electron chi connectivity index (χ1n) is 10.1. The topological polar surface area (TPSA) is 105 Å². The van der Waals surface area contributed by atoms with E-state index in [0.29, 0.717) is 12.8 Å². The number of alkyl carbamates (subject to hydrolysis) is 1. The molecule has 0 radical (unpaired) electrons. The van der Waals surface area contributed by atoms with Gasteiger partial charge in [0.2, 0.25) is 5.91 Å². The number of hydrogen-bond donors (Lipinski definition) is 3. The first-order valence-corrected chi connectivity index (χ1v) is 10.1. The number of unbranched alkanes of at least 4 members (excludes halogenated alkanes) is 1. The van der Waals surface area contributed by atoms with Crippen LogP contribution >= 0.6 is 0 Å². The highest BCUT2D eigenvalue weighted by Gasteiger charge is 2.29. The molecule has 0 unspecified atom stereocenters. The highest BCUT2D eigenvalue weighted by Crippen LogP contribution is 2.44. The van der Waals surface area contributed by atoms with Crippen LogP contribution in [0.2, 0.25) is 0 Å². The molecule has 1 atom stereocenters. The van der Waals surface area contributed by atoms with Crippen LogP contribution in [0.1, 0.15) is 43.2 Å². The summed E-state index contributed by atoms with van der Waals surface area (Å²) >= 11 is 0. The van der Waals surface area contributed by atoms with E-state index in [2.05, 4.69) is 22.8 Å². The van der Waals surface area contributed by atoms with Gasteiger partial charge in [-0.2, -0.15) is 0 Å². The number of hydrogen-bond acceptors (Lipinski definition) is 4. The Morgan fingerprint density at radius 2 is 1.63 bits per heavy atom. The van der Waals surface area contributed by atoms with Crippen molar-refractivity contribution in [1.29, 1.82) is 0 Å². The van der Waals surface area contributed by atoms with Crippen molar-refractivity contribution in [3.8, 4) is 11.1 Å². The predicted molar refractivity (Wildman–Crippen MR) is 112 cm³/mol. The Hall–Kier alpha value is -3.35. The number of carboxylic acids is 1. The molecule has 7 nitrogen and oxygen atoms in total. The Morgan fingerprint density at radius 3 is 2.20 bits per heavy atom. The Balaban J connectivity index is 1.52. The normalized spacial score (nSPS) is 13.1. The molecule has 0 aliphatic heterocycles. The fourth-order valence-corrected chi connectivity index (χ4v) is 3.71. The fraction of sp³-hybridized carbons (Fsp3) is 0.348. The summed E-state index contributed by atoms with van der Waals surface area (Å²) in [7, 11) is 0. The second-order valence-electron chi connectivity index (χ2n) is 7.28. The van der Waals surface area contributed by atoms with E-state index in [-0.39, 0.29) is 19.1 Å². The highest BCUT2D eigenvalue weighted by molar-refractivity contribution is 5.86. The third-order valence-corrected chi connectivity index (χ3v) is 5.22. The molecule has 2 aromatic rings. The van der Waals surface area contributed by atoms with E-state index < -0.39 is 24.0 Å². The molecule has 2 aromatic carbocycles. The standard InChI is InChI=1S/C23H26N2O5/c1-2-3-12-20(22(27)28)25-21(26)13-24-23(29)30-14-19-17-10-6-4-8-15(17)16-9-5-7-11-18(16)19/h4-11,19-20H,2-3,12-14H2,1H3,(H,24,29)(H,25,26)(H,27,28)/t20-/m0/s1. The number of fused-ring (bicyclic) bond motifs is 3. The van der Waals surface area contributed by atoms with Gasteiger partial charge in [-0.05, 0) is 28.7 Å².